The summed E-state index contributed by atoms with van der Waals surface area (Å²) in [7, 11) is 0. The molecular weight excluding hydrogens is 152 g/mol. The third-order valence-electron chi connectivity index (χ3n) is 1.74. The van der Waals surface area contributed by atoms with Crippen LogP contribution in [0.1, 0.15) is 19.4 Å². The van der Waals surface area contributed by atoms with E-state index in [0.29, 0.717) is 0 Å². The first kappa shape index (κ1) is 9.03. The number of hydrogen-bond acceptors (Lipinski definition) is 3. The highest BCUT2D eigenvalue weighted by molar-refractivity contribution is 5.52. The minimum Gasteiger partial charge on any atom is -0.386 e. The molecule has 0 atom stereocenters. The van der Waals surface area contributed by atoms with Crippen LogP contribution in [-0.4, -0.2) is 5.11 Å². The number of para-hydroxylation sites is 1. The summed E-state index contributed by atoms with van der Waals surface area (Å²) in [5, 5.41) is 9.71. The Hall–Kier alpha value is -1.06. The van der Waals surface area contributed by atoms with Gasteiger partial charge in [-0.1, -0.05) is 18.2 Å². The van der Waals surface area contributed by atoms with E-state index in [1.165, 1.54) is 0 Å². The lowest BCUT2D eigenvalue weighted by Crippen LogP contribution is -2.20. The van der Waals surface area contributed by atoms with Crippen LogP contribution in [0.15, 0.2) is 24.3 Å². The number of rotatable bonds is 2. The summed E-state index contributed by atoms with van der Waals surface area (Å²) in [4.78, 5) is 0. The SMILES string of the molecule is CC(C)(O)c1ccccc1NN. The van der Waals surface area contributed by atoms with Crippen molar-refractivity contribution in [2.45, 2.75) is 19.4 Å². The predicted molar refractivity (Wildman–Crippen MR) is 49.5 cm³/mol. The fraction of sp³-hybridized carbons (Fsp3) is 0.333. The second kappa shape index (κ2) is 3.13. The molecule has 0 bridgehead atoms. The number of nitrogens with two attached hydrogens (primary N) is 1. The molecule has 0 radical (unpaired) electrons. The van der Waals surface area contributed by atoms with E-state index >= 15 is 0 Å². The Morgan fingerprint density at radius 1 is 1.33 bits per heavy atom. The Morgan fingerprint density at radius 3 is 2.33 bits per heavy atom. The van der Waals surface area contributed by atoms with Crippen molar-refractivity contribution < 1.29 is 5.11 Å². The third-order valence-corrected chi connectivity index (χ3v) is 1.74. The summed E-state index contributed by atoms with van der Waals surface area (Å²) in [6.07, 6.45) is 0. The van der Waals surface area contributed by atoms with Crippen molar-refractivity contribution in [3.8, 4) is 0 Å². The summed E-state index contributed by atoms with van der Waals surface area (Å²) >= 11 is 0. The van der Waals surface area contributed by atoms with Gasteiger partial charge < -0.3 is 10.5 Å². The van der Waals surface area contributed by atoms with Crippen molar-refractivity contribution in [3.63, 3.8) is 0 Å². The summed E-state index contributed by atoms with van der Waals surface area (Å²) in [5.74, 6) is 5.29. The lowest BCUT2D eigenvalue weighted by molar-refractivity contribution is 0.0793. The number of benzene rings is 1. The maximum Gasteiger partial charge on any atom is 0.0860 e. The molecule has 0 aliphatic carbocycles. The second-order valence-corrected chi connectivity index (χ2v) is 3.25. The highest BCUT2D eigenvalue weighted by atomic mass is 16.3. The van der Waals surface area contributed by atoms with Crippen LogP contribution < -0.4 is 11.3 Å². The van der Waals surface area contributed by atoms with E-state index in [0.717, 1.165) is 11.3 Å². The summed E-state index contributed by atoms with van der Waals surface area (Å²) in [5.41, 5.74) is 3.24. The number of anilines is 1. The summed E-state index contributed by atoms with van der Waals surface area (Å²) in [6.45, 7) is 3.45. The molecule has 0 saturated heterocycles. The van der Waals surface area contributed by atoms with Gasteiger partial charge in [0, 0.05) is 5.56 Å². The van der Waals surface area contributed by atoms with Crippen molar-refractivity contribution in [2.75, 3.05) is 5.43 Å². The van der Waals surface area contributed by atoms with Crippen molar-refractivity contribution >= 4 is 5.69 Å². The molecule has 1 rings (SSSR count). The fourth-order valence-corrected chi connectivity index (χ4v) is 1.14. The zero-order chi connectivity index (χ0) is 9.19. The van der Waals surface area contributed by atoms with Crippen LogP contribution in [0.2, 0.25) is 0 Å². The van der Waals surface area contributed by atoms with Gasteiger partial charge in [-0.2, -0.15) is 0 Å². The monoisotopic (exact) mass is 166 g/mol. The van der Waals surface area contributed by atoms with Crippen LogP contribution in [0.5, 0.6) is 0 Å². The first-order valence-corrected chi connectivity index (χ1v) is 3.84. The fourth-order valence-electron chi connectivity index (χ4n) is 1.14. The lowest BCUT2D eigenvalue weighted by atomic mass is 9.97. The van der Waals surface area contributed by atoms with Gasteiger partial charge in [0.25, 0.3) is 0 Å². The number of hydrazine groups is 1. The molecule has 0 aliphatic rings. The smallest absolute Gasteiger partial charge is 0.0860 e. The van der Waals surface area contributed by atoms with E-state index in [9.17, 15) is 5.11 Å². The molecular formula is C9H14N2O. The van der Waals surface area contributed by atoms with Gasteiger partial charge in [0.15, 0.2) is 0 Å². The summed E-state index contributed by atoms with van der Waals surface area (Å²) in [6, 6.07) is 7.40. The minimum atomic E-state index is -0.858. The molecule has 4 N–H and O–H groups in total. The van der Waals surface area contributed by atoms with Crippen molar-refractivity contribution in [1.29, 1.82) is 0 Å². The molecule has 3 nitrogen and oxygen atoms in total. The van der Waals surface area contributed by atoms with Gasteiger partial charge in [0.05, 0.1) is 11.3 Å². The van der Waals surface area contributed by atoms with Crippen LogP contribution >= 0.6 is 0 Å². The van der Waals surface area contributed by atoms with Gasteiger partial charge in [-0.15, -0.1) is 0 Å². The number of hydrogen-bond donors (Lipinski definition) is 3. The molecule has 0 spiro atoms. The largest absolute Gasteiger partial charge is 0.386 e. The Bertz CT molecular complexity index is 265. The van der Waals surface area contributed by atoms with Gasteiger partial charge >= 0.3 is 0 Å². The Kier molecular flexibility index (Phi) is 2.35. The number of aliphatic hydroxyl groups is 1. The van der Waals surface area contributed by atoms with Gasteiger partial charge in [0.1, 0.15) is 0 Å². The average Bonchev–Trinajstić information content (AvgIpc) is 2.03. The molecule has 0 aromatic heterocycles. The molecule has 1 aromatic rings. The molecule has 0 heterocycles. The standard InChI is InChI=1S/C9H14N2O/c1-9(2,12)7-5-3-4-6-8(7)11-10/h3-6,11-12H,10H2,1-2H3. The zero-order valence-electron chi connectivity index (χ0n) is 7.33. The topological polar surface area (TPSA) is 58.3 Å². The van der Waals surface area contributed by atoms with E-state index in [1.54, 1.807) is 13.8 Å². The first-order valence-electron chi connectivity index (χ1n) is 3.84. The highest BCUT2D eigenvalue weighted by Gasteiger charge is 2.18. The quantitative estimate of drug-likeness (QED) is 0.457. The van der Waals surface area contributed by atoms with Gasteiger partial charge in [0.2, 0.25) is 0 Å². The first-order chi connectivity index (χ1) is 5.55. The molecule has 0 unspecified atom stereocenters. The van der Waals surface area contributed by atoms with Crippen LogP contribution in [0, 0.1) is 0 Å². The van der Waals surface area contributed by atoms with Crippen molar-refractivity contribution in [3.05, 3.63) is 29.8 Å². The maximum absolute atomic E-state index is 9.71. The lowest BCUT2D eigenvalue weighted by Gasteiger charge is -2.20. The van der Waals surface area contributed by atoms with E-state index in [-0.39, 0.29) is 0 Å². The van der Waals surface area contributed by atoms with E-state index in [2.05, 4.69) is 5.43 Å². The molecule has 1 aromatic carbocycles. The summed E-state index contributed by atoms with van der Waals surface area (Å²) < 4.78 is 0. The van der Waals surface area contributed by atoms with E-state index in [1.807, 2.05) is 24.3 Å². The van der Waals surface area contributed by atoms with Crippen LogP contribution in [-0.2, 0) is 5.60 Å². The van der Waals surface area contributed by atoms with Crippen molar-refractivity contribution in [2.24, 2.45) is 5.84 Å². The molecule has 0 amide bonds. The third kappa shape index (κ3) is 1.75. The molecule has 0 saturated carbocycles. The molecule has 0 aliphatic heterocycles. The average molecular weight is 166 g/mol. The minimum absolute atomic E-state index is 0.755. The molecule has 66 valence electrons. The Morgan fingerprint density at radius 2 is 1.92 bits per heavy atom. The molecule has 0 fully saturated rings. The molecule has 12 heavy (non-hydrogen) atoms. The zero-order valence-corrected chi connectivity index (χ0v) is 7.33. The number of nitrogen functional groups attached to an aromatic ring is 1. The Balaban J connectivity index is 3.14. The van der Waals surface area contributed by atoms with Crippen LogP contribution in [0.3, 0.4) is 0 Å². The number of nitrogens with one attached hydrogen (secondary N) is 1. The van der Waals surface area contributed by atoms with Gasteiger partial charge in [-0.25, -0.2) is 0 Å². The van der Waals surface area contributed by atoms with Crippen LogP contribution in [0.4, 0.5) is 5.69 Å². The normalized spacial score (nSPS) is 11.3. The van der Waals surface area contributed by atoms with Crippen molar-refractivity contribution in [1.82, 2.24) is 0 Å². The predicted octanol–water partition coefficient (Wildman–Crippen LogP) is 1.20. The molecule has 3 heteroatoms. The van der Waals surface area contributed by atoms with E-state index in [4.69, 9.17) is 5.84 Å². The maximum atomic E-state index is 9.71. The Labute approximate surface area is 72.2 Å². The van der Waals surface area contributed by atoms with E-state index < -0.39 is 5.60 Å². The highest BCUT2D eigenvalue weighted by Crippen LogP contribution is 2.26. The van der Waals surface area contributed by atoms with Crippen LogP contribution in [0.25, 0.3) is 0 Å². The van der Waals surface area contributed by atoms with Gasteiger partial charge in [-0.3, -0.25) is 5.84 Å². The van der Waals surface area contributed by atoms with Gasteiger partial charge in [-0.05, 0) is 19.9 Å². The second-order valence-electron chi connectivity index (χ2n) is 3.25.